The number of carbonyl (C=O) groups is 2. The number of anilines is 2. The lowest BCUT2D eigenvalue weighted by Gasteiger charge is -2.38. The normalized spacial score (nSPS) is 19.6. The Balaban J connectivity index is 1.23. The number of aromatic amines is 1. The number of aromatic nitrogens is 7. The number of nitrogens with two attached hydrogens (primary N) is 1. The molecule has 6 heterocycles. The first-order valence-corrected chi connectivity index (χ1v) is 16.4. The molecule has 7 rings (SSSR count). The third-order valence-electron chi connectivity index (χ3n) is 8.52. The molecule has 2 amide bonds. The van der Waals surface area contributed by atoms with Crippen LogP contribution in [0.15, 0.2) is 59.8 Å². The van der Waals surface area contributed by atoms with E-state index in [0.717, 1.165) is 35.9 Å². The van der Waals surface area contributed by atoms with E-state index in [1.807, 2.05) is 42.5 Å². The molecule has 0 spiro atoms. The van der Waals surface area contributed by atoms with Crippen LogP contribution in [0.5, 0.6) is 0 Å². The van der Waals surface area contributed by atoms with Gasteiger partial charge >= 0.3 is 0 Å². The highest BCUT2D eigenvalue weighted by Crippen LogP contribution is 2.45. The standard InChI is InChI=1S/C30H30N10O4S/c1-16(41)34-30-36-27(37-38-30)29(42)39-20-9-10-21(39)13-19(12-20)24-25(45(2,43)44)26(31)40-28(35-24)22(15-33-40)18-8-11-23(32-14-18)17-6-4-3-5-7-17/h3-8,11,14-15,19-21H,9-10,12-13,31H2,1-2H3,(H2,34,36,37,38,41)/t19-,20-,21+. The molecule has 2 saturated heterocycles. The first-order valence-electron chi connectivity index (χ1n) is 14.5. The Morgan fingerprint density at radius 2 is 1.73 bits per heavy atom. The molecule has 14 nitrogen and oxygen atoms in total. The first kappa shape index (κ1) is 28.6. The fourth-order valence-corrected chi connectivity index (χ4v) is 7.71. The number of amides is 2. The van der Waals surface area contributed by atoms with Crippen molar-refractivity contribution in [2.75, 3.05) is 17.3 Å². The zero-order chi connectivity index (χ0) is 31.5. The van der Waals surface area contributed by atoms with Gasteiger partial charge in [0.1, 0.15) is 10.7 Å². The second kappa shape index (κ2) is 10.8. The third kappa shape index (κ3) is 5.08. The van der Waals surface area contributed by atoms with Gasteiger partial charge in [-0.1, -0.05) is 36.4 Å². The largest absolute Gasteiger partial charge is 0.382 e. The maximum Gasteiger partial charge on any atom is 0.292 e. The van der Waals surface area contributed by atoms with E-state index < -0.39 is 9.84 Å². The summed E-state index contributed by atoms with van der Waals surface area (Å²) >= 11 is 0. The lowest BCUT2D eigenvalue weighted by atomic mass is 9.87. The van der Waals surface area contributed by atoms with Crippen molar-refractivity contribution in [1.82, 2.24) is 39.7 Å². The number of hydrogen-bond donors (Lipinski definition) is 3. The Morgan fingerprint density at radius 1 is 1.00 bits per heavy atom. The number of nitrogens with one attached hydrogen (secondary N) is 2. The van der Waals surface area contributed by atoms with Gasteiger partial charge in [-0.15, -0.1) is 10.2 Å². The summed E-state index contributed by atoms with van der Waals surface area (Å²) in [4.78, 5) is 38.9. The molecule has 0 unspecified atom stereocenters. The predicted octanol–water partition coefficient (Wildman–Crippen LogP) is 3.07. The highest BCUT2D eigenvalue weighted by molar-refractivity contribution is 7.91. The number of hydrogen-bond acceptors (Lipinski definition) is 10. The monoisotopic (exact) mass is 626 g/mol. The van der Waals surface area contributed by atoms with Crippen molar-refractivity contribution < 1.29 is 18.0 Å². The van der Waals surface area contributed by atoms with Crippen LogP contribution in [0.1, 0.15) is 54.8 Å². The van der Waals surface area contributed by atoms with Gasteiger partial charge < -0.3 is 15.6 Å². The maximum absolute atomic E-state index is 13.5. The molecule has 2 bridgehead atoms. The SMILES string of the molecule is CC(=O)Nc1nnc(C(=O)N2[C@@H]3CC[C@H]2C[C@H](c2nc4c(-c5ccc(-c6ccccc6)nc5)cnn4c(N)c2S(C)(=O)=O)C3)[nH]1. The lowest BCUT2D eigenvalue weighted by molar-refractivity contribution is -0.114. The Morgan fingerprint density at radius 3 is 2.38 bits per heavy atom. The number of H-pyrrole nitrogens is 1. The molecular formula is C30H30N10O4S. The van der Waals surface area contributed by atoms with Crippen LogP contribution < -0.4 is 11.1 Å². The van der Waals surface area contributed by atoms with E-state index in [4.69, 9.17) is 10.7 Å². The highest BCUT2D eigenvalue weighted by atomic mass is 32.2. The number of rotatable bonds is 6. The molecule has 2 fully saturated rings. The number of benzene rings is 1. The number of fused-ring (bicyclic) bond motifs is 3. The van der Waals surface area contributed by atoms with Gasteiger partial charge in [0.25, 0.3) is 5.91 Å². The second-order valence-electron chi connectivity index (χ2n) is 11.5. The van der Waals surface area contributed by atoms with Crippen LogP contribution >= 0.6 is 0 Å². The van der Waals surface area contributed by atoms with Crippen molar-refractivity contribution in [2.45, 2.75) is 55.5 Å². The average molecular weight is 627 g/mol. The smallest absolute Gasteiger partial charge is 0.292 e. The van der Waals surface area contributed by atoms with Crippen LogP contribution in [0.25, 0.3) is 28.0 Å². The molecule has 45 heavy (non-hydrogen) atoms. The van der Waals surface area contributed by atoms with Crippen LogP contribution in [-0.2, 0) is 14.6 Å². The van der Waals surface area contributed by atoms with E-state index in [1.165, 1.54) is 11.4 Å². The minimum absolute atomic E-state index is 0.00405. The lowest BCUT2D eigenvalue weighted by Crippen LogP contribution is -2.46. The number of sulfone groups is 1. The molecule has 230 valence electrons. The van der Waals surface area contributed by atoms with Gasteiger partial charge in [0.05, 0.1) is 17.6 Å². The molecule has 0 saturated carbocycles. The summed E-state index contributed by atoms with van der Waals surface area (Å²) in [6, 6.07) is 13.3. The summed E-state index contributed by atoms with van der Waals surface area (Å²) in [5, 5.41) is 14.7. The Kier molecular flexibility index (Phi) is 6.84. The van der Waals surface area contributed by atoms with Crippen LogP contribution in [0.3, 0.4) is 0 Å². The minimum atomic E-state index is -3.79. The molecule has 3 atom stereocenters. The van der Waals surface area contributed by atoms with E-state index in [2.05, 4.69) is 30.6 Å². The highest BCUT2D eigenvalue weighted by Gasteiger charge is 2.46. The van der Waals surface area contributed by atoms with Crippen molar-refractivity contribution in [3.63, 3.8) is 0 Å². The van der Waals surface area contributed by atoms with Gasteiger partial charge in [0.2, 0.25) is 17.7 Å². The predicted molar refractivity (Wildman–Crippen MR) is 165 cm³/mol. The van der Waals surface area contributed by atoms with Gasteiger partial charge in [-0.3, -0.25) is 19.9 Å². The summed E-state index contributed by atoms with van der Waals surface area (Å²) in [5.74, 6) is -0.796. The van der Waals surface area contributed by atoms with E-state index >= 15 is 0 Å². The first-order chi connectivity index (χ1) is 21.6. The van der Waals surface area contributed by atoms with Crippen molar-refractivity contribution >= 4 is 39.1 Å². The molecule has 1 aromatic carbocycles. The molecule has 0 radical (unpaired) electrons. The number of pyridine rings is 1. The summed E-state index contributed by atoms with van der Waals surface area (Å²) in [6.45, 7) is 1.34. The van der Waals surface area contributed by atoms with Crippen molar-refractivity contribution in [1.29, 1.82) is 0 Å². The van der Waals surface area contributed by atoms with Crippen LogP contribution in [0.2, 0.25) is 0 Å². The molecule has 15 heteroatoms. The second-order valence-corrected chi connectivity index (χ2v) is 13.5. The average Bonchev–Trinajstić information content (AvgIpc) is 3.72. The number of nitrogens with zero attached hydrogens (tertiary/aromatic N) is 7. The molecular weight excluding hydrogens is 596 g/mol. The Labute approximate surface area is 258 Å². The van der Waals surface area contributed by atoms with Gasteiger partial charge in [-0.2, -0.15) is 9.61 Å². The summed E-state index contributed by atoms with van der Waals surface area (Å²) in [5.41, 5.74) is 10.6. The van der Waals surface area contributed by atoms with E-state index in [0.29, 0.717) is 29.7 Å². The maximum atomic E-state index is 13.5. The molecule has 5 aromatic rings. The van der Waals surface area contributed by atoms with E-state index in [9.17, 15) is 18.0 Å². The Hall–Kier alpha value is -5.18. The van der Waals surface area contributed by atoms with E-state index in [-0.39, 0.29) is 52.3 Å². The van der Waals surface area contributed by atoms with Crippen molar-refractivity contribution in [2.24, 2.45) is 0 Å². The van der Waals surface area contributed by atoms with Gasteiger partial charge in [-0.05, 0) is 31.7 Å². The Bertz CT molecular complexity index is 2040. The van der Waals surface area contributed by atoms with Gasteiger partial charge in [0.15, 0.2) is 15.5 Å². The van der Waals surface area contributed by atoms with E-state index in [1.54, 1.807) is 17.3 Å². The quantitative estimate of drug-likeness (QED) is 0.252. The molecule has 2 aliphatic heterocycles. The summed E-state index contributed by atoms with van der Waals surface area (Å²) < 4.78 is 27.6. The van der Waals surface area contributed by atoms with Crippen molar-refractivity contribution in [3.05, 3.63) is 66.4 Å². The summed E-state index contributed by atoms with van der Waals surface area (Å²) in [7, 11) is -3.79. The molecule has 2 aliphatic rings. The number of carbonyl (C=O) groups excluding carboxylic acids is 2. The number of piperidine rings is 1. The zero-order valence-electron chi connectivity index (χ0n) is 24.5. The topological polar surface area (TPSA) is 194 Å². The van der Waals surface area contributed by atoms with Crippen LogP contribution in [-0.4, -0.2) is 78.2 Å². The third-order valence-corrected chi connectivity index (χ3v) is 9.68. The molecule has 4 N–H and O–H groups in total. The fourth-order valence-electron chi connectivity index (χ4n) is 6.65. The number of nitrogen functional groups attached to an aromatic ring is 1. The molecule has 0 aliphatic carbocycles. The zero-order valence-corrected chi connectivity index (χ0v) is 25.3. The van der Waals surface area contributed by atoms with Crippen molar-refractivity contribution in [3.8, 4) is 22.4 Å². The van der Waals surface area contributed by atoms with Gasteiger partial charge in [0, 0.05) is 54.1 Å². The summed E-state index contributed by atoms with van der Waals surface area (Å²) in [6.07, 6.45) is 6.98. The minimum Gasteiger partial charge on any atom is -0.382 e. The van der Waals surface area contributed by atoms with Gasteiger partial charge in [-0.25, -0.2) is 13.4 Å². The molecule has 4 aromatic heterocycles. The fraction of sp³-hybridized carbons (Fsp3) is 0.300. The van der Waals surface area contributed by atoms with Crippen LogP contribution in [0.4, 0.5) is 11.8 Å². The van der Waals surface area contributed by atoms with Crippen LogP contribution in [0, 0.1) is 0 Å².